The van der Waals surface area contributed by atoms with Gasteiger partial charge in [0.25, 0.3) is 5.89 Å². The van der Waals surface area contributed by atoms with Crippen molar-refractivity contribution < 1.29 is 4.52 Å². The molecular weight excluding hydrogens is 284 g/mol. The molecule has 3 aromatic rings. The van der Waals surface area contributed by atoms with Gasteiger partial charge in [0.1, 0.15) is 5.69 Å². The van der Waals surface area contributed by atoms with Gasteiger partial charge in [-0.2, -0.15) is 4.98 Å². The number of thiazole rings is 1. The molecule has 0 aliphatic rings. The molecule has 0 bridgehead atoms. The molecule has 0 aliphatic carbocycles. The van der Waals surface area contributed by atoms with E-state index in [9.17, 15) is 0 Å². The molecule has 108 valence electrons. The second kappa shape index (κ2) is 6.15. The zero-order valence-corrected chi connectivity index (χ0v) is 12.6. The molecule has 3 rings (SSSR count). The van der Waals surface area contributed by atoms with E-state index in [2.05, 4.69) is 34.2 Å². The van der Waals surface area contributed by atoms with Crippen LogP contribution in [0.2, 0.25) is 0 Å². The van der Waals surface area contributed by atoms with Gasteiger partial charge in [0.2, 0.25) is 0 Å². The van der Waals surface area contributed by atoms with Crippen LogP contribution in [-0.4, -0.2) is 21.7 Å². The van der Waals surface area contributed by atoms with Gasteiger partial charge >= 0.3 is 0 Å². The van der Waals surface area contributed by atoms with E-state index < -0.39 is 0 Å². The van der Waals surface area contributed by atoms with Gasteiger partial charge in [-0.25, -0.2) is 4.98 Å². The molecule has 0 spiro atoms. The summed E-state index contributed by atoms with van der Waals surface area (Å²) in [6.07, 6.45) is 1.44. The summed E-state index contributed by atoms with van der Waals surface area (Å²) in [5.41, 5.74) is 8.68. The quantitative estimate of drug-likeness (QED) is 0.783. The van der Waals surface area contributed by atoms with Gasteiger partial charge in [-0.05, 0) is 24.6 Å². The van der Waals surface area contributed by atoms with Gasteiger partial charge < -0.3 is 10.3 Å². The number of aromatic nitrogens is 3. The minimum Gasteiger partial charge on any atom is -0.332 e. The maximum atomic E-state index is 5.53. The van der Waals surface area contributed by atoms with Gasteiger partial charge in [0, 0.05) is 18.2 Å². The highest BCUT2D eigenvalue weighted by molar-refractivity contribution is 7.09. The fraction of sp³-hybridized carbons (Fsp3) is 0.267. The first-order valence-corrected chi connectivity index (χ1v) is 7.66. The van der Waals surface area contributed by atoms with Crippen molar-refractivity contribution in [3.8, 4) is 11.6 Å². The molecule has 6 heteroatoms. The van der Waals surface area contributed by atoms with Crippen molar-refractivity contribution in [1.29, 1.82) is 0 Å². The Bertz CT molecular complexity index is 735. The van der Waals surface area contributed by atoms with Crippen LogP contribution in [-0.2, 0) is 12.8 Å². The Hall–Kier alpha value is -2.05. The maximum Gasteiger partial charge on any atom is 0.277 e. The molecule has 2 aromatic heterocycles. The van der Waals surface area contributed by atoms with Crippen molar-refractivity contribution in [2.45, 2.75) is 19.8 Å². The highest BCUT2D eigenvalue weighted by atomic mass is 32.1. The van der Waals surface area contributed by atoms with E-state index in [1.165, 1.54) is 11.1 Å². The summed E-state index contributed by atoms with van der Waals surface area (Å²) in [7, 11) is 0. The number of benzene rings is 1. The molecule has 0 unspecified atom stereocenters. The molecule has 0 radical (unpaired) electrons. The minimum absolute atomic E-state index is 0.470. The number of hydrogen-bond donors (Lipinski definition) is 1. The van der Waals surface area contributed by atoms with Crippen molar-refractivity contribution >= 4 is 11.3 Å². The molecule has 0 amide bonds. The SMILES string of the molecule is Cc1ccccc1Cc1noc(-c2csc(CCN)n2)n1. The molecule has 0 atom stereocenters. The van der Waals surface area contributed by atoms with Crippen LogP contribution in [0.1, 0.15) is 22.0 Å². The molecule has 2 heterocycles. The second-order valence-electron chi connectivity index (χ2n) is 4.78. The number of hydrogen-bond acceptors (Lipinski definition) is 6. The number of aryl methyl sites for hydroxylation is 1. The van der Waals surface area contributed by atoms with Crippen LogP contribution in [0, 0.1) is 6.92 Å². The average molecular weight is 300 g/mol. The molecule has 21 heavy (non-hydrogen) atoms. The standard InChI is InChI=1S/C15H16N4OS/c1-10-4-2-3-5-11(10)8-13-18-15(20-19-13)12-9-21-14(17-12)6-7-16/h2-5,9H,6-8,16H2,1H3. The van der Waals surface area contributed by atoms with Crippen LogP contribution in [0.4, 0.5) is 0 Å². The smallest absolute Gasteiger partial charge is 0.277 e. The first-order chi connectivity index (χ1) is 10.3. The van der Waals surface area contributed by atoms with Crippen molar-refractivity contribution in [2.24, 2.45) is 5.73 Å². The van der Waals surface area contributed by atoms with E-state index in [4.69, 9.17) is 10.3 Å². The summed E-state index contributed by atoms with van der Waals surface area (Å²) >= 11 is 1.57. The van der Waals surface area contributed by atoms with Crippen LogP contribution in [0.25, 0.3) is 11.6 Å². The number of rotatable bonds is 5. The largest absolute Gasteiger partial charge is 0.332 e. The third-order valence-electron chi connectivity index (χ3n) is 3.21. The van der Waals surface area contributed by atoms with Crippen LogP contribution in [0.15, 0.2) is 34.2 Å². The van der Waals surface area contributed by atoms with Gasteiger partial charge in [0.05, 0.1) is 5.01 Å². The van der Waals surface area contributed by atoms with E-state index in [-0.39, 0.29) is 0 Å². The second-order valence-corrected chi connectivity index (χ2v) is 5.73. The van der Waals surface area contributed by atoms with E-state index in [0.717, 1.165) is 17.1 Å². The third-order valence-corrected chi connectivity index (χ3v) is 4.12. The number of nitrogens with zero attached hydrogens (tertiary/aromatic N) is 3. The third kappa shape index (κ3) is 3.17. The lowest BCUT2D eigenvalue weighted by Gasteiger charge is -2.00. The molecule has 1 aromatic carbocycles. The molecule has 0 aliphatic heterocycles. The minimum atomic E-state index is 0.470. The highest BCUT2D eigenvalue weighted by Crippen LogP contribution is 2.21. The predicted molar refractivity (Wildman–Crippen MR) is 82.1 cm³/mol. The lowest BCUT2D eigenvalue weighted by Crippen LogP contribution is -2.01. The fourth-order valence-corrected chi connectivity index (χ4v) is 2.84. The summed E-state index contributed by atoms with van der Waals surface area (Å²) < 4.78 is 5.31. The van der Waals surface area contributed by atoms with Gasteiger partial charge in [0.15, 0.2) is 5.82 Å². The zero-order chi connectivity index (χ0) is 14.7. The van der Waals surface area contributed by atoms with Gasteiger partial charge in [-0.15, -0.1) is 11.3 Å². The lowest BCUT2D eigenvalue weighted by atomic mass is 10.1. The first kappa shape index (κ1) is 13.9. The summed E-state index contributed by atoms with van der Waals surface area (Å²) in [4.78, 5) is 8.88. The van der Waals surface area contributed by atoms with Crippen molar-refractivity contribution in [2.75, 3.05) is 6.54 Å². The Morgan fingerprint density at radius 2 is 2.10 bits per heavy atom. The topological polar surface area (TPSA) is 77.8 Å². The van der Waals surface area contributed by atoms with Crippen LogP contribution in [0.5, 0.6) is 0 Å². The molecule has 0 saturated heterocycles. The van der Waals surface area contributed by atoms with Crippen LogP contribution in [0.3, 0.4) is 0 Å². The highest BCUT2D eigenvalue weighted by Gasteiger charge is 2.13. The van der Waals surface area contributed by atoms with Crippen molar-refractivity contribution in [3.05, 3.63) is 51.6 Å². The normalized spacial score (nSPS) is 11.0. The average Bonchev–Trinajstić information content (AvgIpc) is 3.11. The van der Waals surface area contributed by atoms with E-state index in [1.54, 1.807) is 11.3 Å². The Balaban J connectivity index is 1.78. The maximum absolute atomic E-state index is 5.53. The Labute approximate surface area is 126 Å². The predicted octanol–water partition coefficient (Wildman–Crippen LogP) is 2.59. The van der Waals surface area contributed by atoms with E-state index in [0.29, 0.717) is 24.7 Å². The van der Waals surface area contributed by atoms with Gasteiger partial charge in [-0.3, -0.25) is 0 Å². The summed E-state index contributed by atoms with van der Waals surface area (Å²) in [5, 5.41) is 6.96. The lowest BCUT2D eigenvalue weighted by molar-refractivity contribution is 0.423. The van der Waals surface area contributed by atoms with Crippen molar-refractivity contribution in [1.82, 2.24) is 15.1 Å². The van der Waals surface area contributed by atoms with E-state index in [1.807, 2.05) is 17.5 Å². The molecule has 0 saturated carbocycles. The Kier molecular flexibility index (Phi) is 4.08. The van der Waals surface area contributed by atoms with Crippen molar-refractivity contribution in [3.63, 3.8) is 0 Å². The summed E-state index contributed by atoms with van der Waals surface area (Å²) in [6.45, 7) is 2.67. The van der Waals surface area contributed by atoms with E-state index >= 15 is 0 Å². The van der Waals surface area contributed by atoms with Crippen LogP contribution >= 0.6 is 11.3 Å². The Morgan fingerprint density at radius 3 is 2.90 bits per heavy atom. The summed E-state index contributed by atoms with van der Waals surface area (Å²) in [5.74, 6) is 1.14. The summed E-state index contributed by atoms with van der Waals surface area (Å²) in [6, 6.07) is 8.20. The van der Waals surface area contributed by atoms with Gasteiger partial charge in [-0.1, -0.05) is 29.4 Å². The molecule has 0 fully saturated rings. The fourth-order valence-electron chi connectivity index (χ4n) is 2.06. The molecule has 5 nitrogen and oxygen atoms in total. The first-order valence-electron chi connectivity index (χ1n) is 6.78. The molecular formula is C15H16N4OS. The number of nitrogens with two attached hydrogens (primary N) is 1. The monoisotopic (exact) mass is 300 g/mol. The Morgan fingerprint density at radius 1 is 1.24 bits per heavy atom. The van der Waals surface area contributed by atoms with Crippen LogP contribution < -0.4 is 5.73 Å². The molecule has 2 N–H and O–H groups in total. The zero-order valence-electron chi connectivity index (χ0n) is 11.7.